The highest BCUT2D eigenvalue weighted by atomic mass is 14.8. The number of hydrogen-bond donors (Lipinski definition) is 1. The Hall–Kier alpha value is -1.67. The summed E-state index contributed by atoms with van der Waals surface area (Å²) in [6.45, 7) is 0. The Balaban J connectivity index is 1.82. The van der Waals surface area contributed by atoms with Crippen LogP contribution in [0.3, 0.4) is 0 Å². The van der Waals surface area contributed by atoms with Crippen LogP contribution in [0.2, 0.25) is 0 Å². The third-order valence-electron chi connectivity index (χ3n) is 3.46. The van der Waals surface area contributed by atoms with E-state index in [1.54, 1.807) is 0 Å². The first kappa shape index (κ1) is 10.5. The first-order chi connectivity index (χ1) is 8.25. The van der Waals surface area contributed by atoms with Crippen LogP contribution in [0.25, 0.3) is 0 Å². The smallest absolute Gasteiger partial charge is 0.0422 e. The Morgan fingerprint density at radius 1 is 1.00 bits per heavy atom. The average molecular weight is 224 g/mol. The maximum atomic E-state index is 6.50. The highest BCUT2D eigenvalue weighted by Crippen LogP contribution is 2.30. The van der Waals surface area contributed by atoms with Crippen molar-refractivity contribution in [3.63, 3.8) is 0 Å². The minimum absolute atomic E-state index is 0.155. The van der Waals surface area contributed by atoms with Gasteiger partial charge in [0, 0.05) is 23.9 Å². The zero-order valence-corrected chi connectivity index (χ0v) is 9.76. The average Bonchev–Trinajstić information content (AvgIpc) is 2.66. The lowest BCUT2D eigenvalue weighted by Crippen LogP contribution is -2.43. The van der Waals surface area contributed by atoms with E-state index < -0.39 is 0 Å². The molecule has 0 amide bonds. The highest BCUT2D eigenvalue weighted by Gasteiger charge is 2.33. The molecule has 1 aliphatic rings. The molecule has 1 aliphatic carbocycles. The lowest BCUT2D eigenvalue weighted by Gasteiger charge is -2.23. The van der Waals surface area contributed by atoms with E-state index in [2.05, 4.69) is 35.3 Å². The van der Waals surface area contributed by atoms with Gasteiger partial charge in [-0.25, -0.2) is 0 Å². The molecule has 17 heavy (non-hydrogen) atoms. The van der Waals surface area contributed by atoms with Gasteiger partial charge in [-0.05, 0) is 36.1 Å². The van der Waals surface area contributed by atoms with Crippen LogP contribution >= 0.6 is 0 Å². The third kappa shape index (κ3) is 2.08. The van der Waals surface area contributed by atoms with Crippen molar-refractivity contribution in [2.45, 2.75) is 24.8 Å². The Morgan fingerprint density at radius 3 is 2.24 bits per heavy atom. The Morgan fingerprint density at radius 2 is 1.65 bits per heavy atom. The molecule has 0 spiro atoms. The zero-order chi connectivity index (χ0) is 11.7. The summed E-state index contributed by atoms with van der Waals surface area (Å²) < 4.78 is 0. The Kier molecular flexibility index (Phi) is 2.45. The molecule has 1 heterocycles. The predicted octanol–water partition coefficient (Wildman–Crippen LogP) is 2.12. The fraction of sp³-hybridized carbons (Fsp3) is 0.267. The molecule has 1 aromatic heterocycles. The number of aromatic nitrogens is 1. The van der Waals surface area contributed by atoms with Crippen molar-refractivity contribution in [1.29, 1.82) is 0 Å². The van der Waals surface area contributed by atoms with Gasteiger partial charge >= 0.3 is 0 Å². The minimum atomic E-state index is -0.155. The molecule has 0 saturated heterocycles. The summed E-state index contributed by atoms with van der Waals surface area (Å²) in [7, 11) is 0. The van der Waals surface area contributed by atoms with E-state index in [-0.39, 0.29) is 5.54 Å². The van der Waals surface area contributed by atoms with Crippen molar-refractivity contribution >= 4 is 0 Å². The van der Waals surface area contributed by atoms with Crippen LogP contribution in [0.5, 0.6) is 0 Å². The zero-order valence-electron chi connectivity index (χ0n) is 9.76. The van der Waals surface area contributed by atoms with Crippen molar-refractivity contribution < 1.29 is 0 Å². The molecule has 0 unspecified atom stereocenters. The van der Waals surface area contributed by atoms with Gasteiger partial charge in [-0.3, -0.25) is 4.98 Å². The van der Waals surface area contributed by atoms with Crippen LogP contribution < -0.4 is 5.73 Å². The molecule has 0 atom stereocenters. The van der Waals surface area contributed by atoms with Gasteiger partial charge in [0.25, 0.3) is 0 Å². The second-order valence-corrected chi connectivity index (χ2v) is 4.98. The van der Waals surface area contributed by atoms with Gasteiger partial charge in [-0.2, -0.15) is 0 Å². The minimum Gasteiger partial charge on any atom is -0.324 e. The van der Waals surface area contributed by atoms with Crippen LogP contribution in [-0.4, -0.2) is 10.5 Å². The molecule has 3 rings (SSSR count). The number of hydrogen-bond acceptors (Lipinski definition) is 2. The second kappa shape index (κ2) is 3.97. The summed E-state index contributed by atoms with van der Waals surface area (Å²) in [6, 6.07) is 14.6. The topological polar surface area (TPSA) is 38.9 Å². The lowest BCUT2D eigenvalue weighted by atomic mass is 9.91. The number of benzene rings is 1. The van der Waals surface area contributed by atoms with E-state index in [1.165, 1.54) is 11.1 Å². The number of nitrogens with zero attached hydrogens (tertiary/aromatic N) is 1. The molecule has 2 heteroatoms. The Labute approximate surface area is 102 Å². The SMILES string of the molecule is NC1(Cc2ccccn2)Cc2ccccc2C1. The summed E-state index contributed by atoms with van der Waals surface area (Å²) in [5.41, 5.74) is 10.2. The molecule has 2 N–H and O–H groups in total. The predicted molar refractivity (Wildman–Crippen MR) is 68.7 cm³/mol. The van der Waals surface area contributed by atoms with Crippen LogP contribution in [0.1, 0.15) is 16.8 Å². The molecule has 2 nitrogen and oxygen atoms in total. The van der Waals surface area contributed by atoms with Gasteiger partial charge < -0.3 is 5.73 Å². The number of nitrogens with two attached hydrogens (primary N) is 1. The first-order valence-corrected chi connectivity index (χ1v) is 6.01. The molecular weight excluding hydrogens is 208 g/mol. The molecule has 2 aromatic rings. The van der Waals surface area contributed by atoms with Crippen LogP contribution in [0.15, 0.2) is 48.7 Å². The summed E-state index contributed by atoms with van der Waals surface area (Å²) in [4.78, 5) is 4.37. The Bertz CT molecular complexity index is 494. The van der Waals surface area contributed by atoms with Gasteiger partial charge in [-0.15, -0.1) is 0 Å². The molecule has 0 radical (unpaired) electrons. The fourth-order valence-electron chi connectivity index (χ4n) is 2.71. The van der Waals surface area contributed by atoms with Crippen molar-refractivity contribution in [1.82, 2.24) is 4.98 Å². The van der Waals surface area contributed by atoms with Gasteiger partial charge in [0.2, 0.25) is 0 Å². The van der Waals surface area contributed by atoms with Crippen molar-refractivity contribution in [2.24, 2.45) is 5.73 Å². The molecule has 0 saturated carbocycles. The number of fused-ring (bicyclic) bond motifs is 1. The standard InChI is InChI=1S/C15H16N2/c16-15(11-14-7-3-4-8-17-14)9-12-5-1-2-6-13(12)10-15/h1-8H,9-11,16H2. The maximum absolute atomic E-state index is 6.50. The maximum Gasteiger partial charge on any atom is 0.0422 e. The van der Waals surface area contributed by atoms with Crippen LogP contribution in [0.4, 0.5) is 0 Å². The number of pyridine rings is 1. The van der Waals surface area contributed by atoms with Gasteiger partial charge in [0.15, 0.2) is 0 Å². The van der Waals surface area contributed by atoms with Gasteiger partial charge in [0.05, 0.1) is 0 Å². The molecule has 1 aromatic carbocycles. The molecule has 0 aliphatic heterocycles. The third-order valence-corrected chi connectivity index (χ3v) is 3.46. The van der Waals surface area contributed by atoms with E-state index in [4.69, 9.17) is 5.73 Å². The summed E-state index contributed by atoms with van der Waals surface area (Å²) in [6.07, 6.45) is 4.60. The summed E-state index contributed by atoms with van der Waals surface area (Å²) in [5, 5.41) is 0. The van der Waals surface area contributed by atoms with Crippen LogP contribution in [-0.2, 0) is 19.3 Å². The fourth-order valence-corrected chi connectivity index (χ4v) is 2.71. The van der Waals surface area contributed by atoms with E-state index in [0.29, 0.717) is 0 Å². The molecule has 86 valence electrons. The van der Waals surface area contributed by atoms with Crippen molar-refractivity contribution in [3.05, 3.63) is 65.5 Å². The quantitative estimate of drug-likeness (QED) is 0.848. The van der Waals surface area contributed by atoms with E-state index in [1.807, 2.05) is 18.3 Å². The molecule has 0 fully saturated rings. The molecule has 0 bridgehead atoms. The van der Waals surface area contributed by atoms with Crippen LogP contribution in [0, 0.1) is 0 Å². The second-order valence-electron chi connectivity index (χ2n) is 4.98. The van der Waals surface area contributed by atoms with E-state index in [0.717, 1.165) is 25.0 Å². The lowest BCUT2D eigenvalue weighted by molar-refractivity contribution is 0.441. The largest absolute Gasteiger partial charge is 0.324 e. The van der Waals surface area contributed by atoms with Crippen molar-refractivity contribution in [2.75, 3.05) is 0 Å². The van der Waals surface area contributed by atoms with Crippen molar-refractivity contribution in [3.8, 4) is 0 Å². The number of rotatable bonds is 2. The monoisotopic (exact) mass is 224 g/mol. The van der Waals surface area contributed by atoms with E-state index in [9.17, 15) is 0 Å². The molecular formula is C15H16N2. The normalized spacial score (nSPS) is 16.8. The summed E-state index contributed by atoms with van der Waals surface area (Å²) in [5.74, 6) is 0. The highest BCUT2D eigenvalue weighted by molar-refractivity contribution is 5.36. The van der Waals surface area contributed by atoms with Gasteiger partial charge in [-0.1, -0.05) is 30.3 Å². The van der Waals surface area contributed by atoms with Gasteiger partial charge in [0.1, 0.15) is 0 Å². The van der Waals surface area contributed by atoms with E-state index >= 15 is 0 Å². The summed E-state index contributed by atoms with van der Waals surface area (Å²) >= 11 is 0. The first-order valence-electron chi connectivity index (χ1n) is 6.01.